The average Bonchev–Trinajstić information content (AvgIpc) is 1.86. The van der Waals surface area contributed by atoms with E-state index >= 15 is 0 Å². The number of hydrogen-bond acceptors (Lipinski definition) is 4. The molecule has 0 saturated carbocycles. The van der Waals surface area contributed by atoms with Gasteiger partial charge in [-0.25, -0.2) is 0 Å². The number of hydrogen-bond donors (Lipinski definition) is 0. The highest BCUT2D eigenvalue weighted by Gasteiger charge is 2.17. The summed E-state index contributed by atoms with van der Waals surface area (Å²) >= 11 is 0. The fraction of sp³-hybridized carbons (Fsp3) is 0.667. The van der Waals surface area contributed by atoms with Gasteiger partial charge in [0.15, 0.2) is 13.7 Å². The van der Waals surface area contributed by atoms with Gasteiger partial charge in [0.2, 0.25) is 0 Å². The van der Waals surface area contributed by atoms with Crippen molar-refractivity contribution in [1.29, 1.82) is 0 Å². The molecule has 5 heteroatoms. The van der Waals surface area contributed by atoms with E-state index in [2.05, 4.69) is 20.4 Å². The second kappa shape index (κ2) is 2.56. The molecule has 0 amide bonds. The Morgan fingerprint density at radius 3 is 1.82 bits per heavy atom. The zero-order valence-corrected chi connectivity index (χ0v) is 7.29. The Kier molecular flexibility index (Phi) is 1.89. The average molecular weight is 150 g/mol. The molecule has 0 bridgehead atoms. The fourth-order valence-electron chi connectivity index (χ4n) is 0.579. The molecule has 0 spiro atoms. The molecule has 1 heterocycles. The van der Waals surface area contributed by atoms with E-state index < -0.39 is 0 Å². The molecule has 0 aliphatic carbocycles. The molecular weight excluding hydrogens is 139 g/mol. The standard InChI is InChI=1S/C6H11BN4/c1-6(2,3)4-8-10-5(7)11-9-4/h7H2,1-3H3. The molecule has 1 aromatic rings. The molecule has 0 fully saturated rings. The fourth-order valence-corrected chi connectivity index (χ4v) is 0.579. The highest BCUT2D eigenvalue weighted by atomic mass is 15.3. The van der Waals surface area contributed by atoms with Gasteiger partial charge >= 0.3 is 0 Å². The summed E-state index contributed by atoms with van der Waals surface area (Å²) in [5.74, 6) is 0.683. The number of nitrogens with zero attached hydrogens (tertiary/aromatic N) is 4. The van der Waals surface area contributed by atoms with E-state index in [1.807, 2.05) is 20.8 Å². The molecule has 0 N–H and O–H groups in total. The van der Waals surface area contributed by atoms with Crippen molar-refractivity contribution < 1.29 is 0 Å². The second-order valence-electron chi connectivity index (χ2n) is 3.52. The summed E-state index contributed by atoms with van der Waals surface area (Å²) in [7, 11) is 1.77. The molecule has 0 aliphatic rings. The number of rotatable bonds is 0. The van der Waals surface area contributed by atoms with Gasteiger partial charge in [0.25, 0.3) is 0 Å². The minimum Gasteiger partial charge on any atom is -0.143 e. The van der Waals surface area contributed by atoms with Crippen molar-refractivity contribution >= 4 is 13.6 Å². The van der Waals surface area contributed by atoms with Crippen LogP contribution in [-0.2, 0) is 5.41 Å². The second-order valence-corrected chi connectivity index (χ2v) is 3.52. The van der Waals surface area contributed by atoms with Crippen LogP contribution in [-0.4, -0.2) is 28.2 Å². The first kappa shape index (κ1) is 8.10. The predicted octanol–water partition coefficient (Wildman–Crippen LogP) is -1.18. The van der Waals surface area contributed by atoms with Crippen LogP contribution in [0.15, 0.2) is 0 Å². The van der Waals surface area contributed by atoms with Gasteiger partial charge in [-0.2, -0.15) is 0 Å². The zero-order valence-electron chi connectivity index (χ0n) is 7.29. The summed E-state index contributed by atoms with van der Waals surface area (Å²) in [6.45, 7) is 6.09. The van der Waals surface area contributed by atoms with Crippen LogP contribution in [0.1, 0.15) is 26.6 Å². The molecule has 1 rings (SSSR count). The summed E-state index contributed by atoms with van der Waals surface area (Å²) in [6, 6.07) is 0. The third-order valence-electron chi connectivity index (χ3n) is 1.25. The first-order valence-corrected chi connectivity index (χ1v) is 3.54. The van der Waals surface area contributed by atoms with Gasteiger partial charge in [-0.05, 0) is 0 Å². The molecule has 0 unspecified atom stereocenters. The smallest absolute Gasteiger partial charge is 0.143 e. The topological polar surface area (TPSA) is 51.6 Å². The molecule has 0 atom stereocenters. The third kappa shape index (κ3) is 1.96. The Bertz CT molecular complexity index is 238. The summed E-state index contributed by atoms with van der Waals surface area (Å²) in [6.07, 6.45) is 0. The van der Waals surface area contributed by atoms with Gasteiger partial charge in [0.05, 0.1) is 0 Å². The van der Waals surface area contributed by atoms with Gasteiger partial charge in [0.1, 0.15) is 5.72 Å². The van der Waals surface area contributed by atoms with Crippen molar-refractivity contribution in [3.05, 3.63) is 5.82 Å². The molecule has 0 aromatic carbocycles. The maximum absolute atomic E-state index is 3.93. The van der Waals surface area contributed by atoms with Crippen LogP contribution in [0.25, 0.3) is 0 Å². The minimum absolute atomic E-state index is 0.0618. The van der Waals surface area contributed by atoms with Crippen LogP contribution in [0.2, 0.25) is 0 Å². The van der Waals surface area contributed by atoms with Gasteiger partial charge in [-0.3, -0.25) is 0 Å². The maximum Gasteiger partial charge on any atom is 0.194 e. The van der Waals surface area contributed by atoms with Crippen molar-refractivity contribution in [2.45, 2.75) is 26.2 Å². The maximum atomic E-state index is 3.93. The van der Waals surface area contributed by atoms with Crippen LogP contribution >= 0.6 is 0 Å². The van der Waals surface area contributed by atoms with Gasteiger partial charge < -0.3 is 0 Å². The quantitative estimate of drug-likeness (QED) is 0.437. The van der Waals surface area contributed by atoms with Crippen molar-refractivity contribution in [2.75, 3.05) is 0 Å². The van der Waals surface area contributed by atoms with E-state index in [0.29, 0.717) is 11.5 Å². The normalized spacial score (nSPS) is 11.5. The summed E-state index contributed by atoms with van der Waals surface area (Å²) in [4.78, 5) is 0. The first-order valence-electron chi connectivity index (χ1n) is 3.54. The molecule has 0 aliphatic heterocycles. The Morgan fingerprint density at radius 1 is 1.00 bits per heavy atom. The van der Waals surface area contributed by atoms with Crippen LogP contribution < -0.4 is 5.72 Å². The molecule has 1 aromatic heterocycles. The summed E-state index contributed by atoms with van der Waals surface area (Å²) in [5, 5.41) is 15.5. The SMILES string of the molecule is Bc1nnc(C(C)(C)C)nn1. The van der Waals surface area contributed by atoms with Crippen molar-refractivity contribution in [3.63, 3.8) is 0 Å². The monoisotopic (exact) mass is 150 g/mol. The van der Waals surface area contributed by atoms with Crippen molar-refractivity contribution in [3.8, 4) is 0 Å². The summed E-state index contributed by atoms with van der Waals surface area (Å²) < 4.78 is 0. The van der Waals surface area contributed by atoms with Gasteiger partial charge in [-0.15, -0.1) is 20.4 Å². The number of aromatic nitrogens is 4. The minimum atomic E-state index is -0.0618. The predicted molar refractivity (Wildman–Crippen MR) is 44.5 cm³/mol. The molecule has 11 heavy (non-hydrogen) atoms. The Labute approximate surface area is 66.9 Å². The van der Waals surface area contributed by atoms with E-state index in [4.69, 9.17) is 0 Å². The van der Waals surface area contributed by atoms with Crippen molar-refractivity contribution in [1.82, 2.24) is 20.4 Å². The lowest BCUT2D eigenvalue weighted by Crippen LogP contribution is -2.24. The van der Waals surface area contributed by atoms with Crippen molar-refractivity contribution in [2.24, 2.45) is 0 Å². The van der Waals surface area contributed by atoms with E-state index in [1.54, 1.807) is 7.85 Å². The lowest BCUT2D eigenvalue weighted by Gasteiger charge is -2.13. The van der Waals surface area contributed by atoms with E-state index in [9.17, 15) is 0 Å². The molecule has 0 saturated heterocycles. The molecule has 0 radical (unpaired) electrons. The molecule has 58 valence electrons. The van der Waals surface area contributed by atoms with E-state index in [0.717, 1.165) is 0 Å². The Balaban J connectivity index is 2.99. The lowest BCUT2D eigenvalue weighted by molar-refractivity contribution is 0.521. The van der Waals surface area contributed by atoms with Gasteiger partial charge in [0, 0.05) is 5.41 Å². The zero-order chi connectivity index (χ0) is 8.48. The highest BCUT2D eigenvalue weighted by Crippen LogP contribution is 2.14. The van der Waals surface area contributed by atoms with E-state index in [-0.39, 0.29) is 5.41 Å². The molecule has 4 nitrogen and oxygen atoms in total. The van der Waals surface area contributed by atoms with Crippen LogP contribution in [0.4, 0.5) is 0 Å². The Morgan fingerprint density at radius 2 is 1.45 bits per heavy atom. The first-order chi connectivity index (χ1) is 5.00. The van der Waals surface area contributed by atoms with Crippen LogP contribution in [0.5, 0.6) is 0 Å². The third-order valence-corrected chi connectivity index (χ3v) is 1.25. The largest absolute Gasteiger partial charge is 0.194 e. The molecular formula is C6H11BN4. The lowest BCUT2D eigenvalue weighted by atomic mass is 9.96. The van der Waals surface area contributed by atoms with Crippen LogP contribution in [0, 0.1) is 0 Å². The Hall–Kier alpha value is -0.995. The van der Waals surface area contributed by atoms with E-state index in [1.165, 1.54) is 0 Å². The van der Waals surface area contributed by atoms with Gasteiger partial charge in [-0.1, -0.05) is 20.8 Å². The van der Waals surface area contributed by atoms with Crippen LogP contribution in [0.3, 0.4) is 0 Å². The highest BCUT2D eigenvalue weighted by molar-refractivity contribution is 6.28. The summed E-state index contributed by atoms with van der Waals surface area (Å²) in [5.41, 5.74) is 0.547.